The van der Waals surface area contributed by atoms with E-state index >= 15 is 0 Å². The molecule has 0 aliphatic carbocycles. The summed E-state index contributed by atoms with van der Waals surface area (Å²) in [5.41, 5.74) is 0.981. The Morgan fingerprint density at radius 3 is 2.33 bits per heavy atom. The van der Waals surface area contributed by atoms with Gasteiger partial charge >= 0.3 is 6.18 Å². The van der Waals surface area contributed by atoms with E-state index in [1.165, 1.54) is 0 Å². The molecule has 0 atom stereocenters. The van der Waals surface area contributed by atoms with Crippen LogP contribution in [-0.4, -0.2) is 17.7 Å². The molecule has 0 saturated carbocycles. The normalized spacial score (nSPS) is 11.1. The molecule has 0 spiro atoms. The van der Waals surface area contributed by atoms with E-state index in [2.05, 4.69) is 17.5 Å². The first kappa shape index (κ1) is 12.0. The Morgan fingerprint density at radius 1 is 1.20 bits per heavy atom. The van der Waals surface area contributed by atoms with Gasteiger partial charge in [0.1, 0.15) is 0 Å². The fourth-order valence-electron chi connectivity index (χ4n) is 1.07. The SMILES string of the molecule is FC(F)(F)C(=S)NCCc1ccccc1. The third-order valence-electron chi connectivity index (χ3n) is 1.80. The predicted octanol–water partition coefficient (Wildman–Crippen LogP) is 2.71. The summed E-state index contributed by atoms with van der Waals surface area (Å²) < 4.78 is 35.9. The van der Waals surface area contributed by atoms with Gasteiger partial charge in [-0.05, 0) is 12.0 Å². The molecular weight excluding hydrogens is 223 g/mol. The summed E-state index contributed by atoms with van der Waals surface area (Å²) in [7, 11) is 0. The van der Waals surface area contributed by atoms with E-state index in [1.54, 1.807) is 0 Å². The molecule has 15 heavy (non-hydrogen) atoms. The third-order valence-corrected chi connectivity index (χ3v) is 2.18. The highest BCUT2D eigenvalue weighted by molar-refractivity contribution is 7.80. The van der Waals surface area contributed by atoms with Gasteiger partial charge in [0, 0.05) is 6.54 Å². The lowest BCUT2D eigenvalue weighted by molar-refractivity contribution is -0.0591. The monoisotopic (exact) mass is 233 g/mol. The van der Waals surface area contributed by atoms with Gasteiger partial charge in [-0.3, -0.25) is 0 Å². The molecular formula is C10H10F3NS. The van der Waals surface area contributed by atoms with E-state index in [9.17, 15) is 13.2 Å². The molecule has 0 saturated heterocycles. The van der Waals surface area contributed by atoms with E-state index in [4.69, 9.17) is 0 Å². The summed E-state index contributed by atoms with van der Waals surface area (Å²) >= 11 is 4.17. The summed E-state index contributed by atoms with van der Waals surface area (Å²) in [6.45, 7) is 0.197. The van der Waals surface area contributed by atoms with Crippen molar-refractivity contribution in [2.24, 2.45) is 0 Å². The van der Waals surface area contributed by atoms with Gasteiger partial charge in [-0.15, -0.1) is 0 Å². The maximum Gasteiger partial charge on any atom is 0.441 e. The van der Waals surface area contributed by atoms with Crippen LogP contribution in [0.5, 0.6) is 0 Å². The fraction of sp³-hybridized carbons (Fsp3) is 0.300. The van der Waals surface area contributed by atoms with Crippen LogP contribution < -0.4 is 5.32 Å². The Morgan fingerprint density at radius 2 is 1.80 bits per heavy atom. The molecule has 0 fully saturated rings. The Labute approximate surface area is 91.3 Å². The van der Waals surface area contributed by atoms with Crippen molar-refractivity contribution in [3.8, 4) is 0 Å². The molecule has 0 unspecified atom stereocenters. The first-order valence-corrected chi connectivity index (χ1v) is 4.80. The highest BCUT2D eigenvalue weighted by Crippen LogP contribution is 2.15. The largest absolute Gasteiger partial charge is 0.441 e. The molecule has 1 nitrogen and oxygen atoms in total. The minimum absolute atomic E-state index is 0.197. The summed E-state index contributed by atoms with van der Waals surface area (Å²) in [6.07, 6.45) is -3.90. The van der Waals surface area contributed by atoms with Crippen LogP contribution in [0, 0.1) is 0 Å². The van der Waals surface area contributed by atoms with E-state index in [1.807, 2.05) is 30.3 Å². The zero-order chi connectivity index (χ0) is 11.3. The molecule has 0 heterocycles. The second-order valence-corrected chi connectivity index (χ2v) is 3.40. The van der Waals surface area contributed by atoms with Crippen LogP contribution in [0.1, 0.15) is 5.56 Å². The second-order valence-electron chi connectivity index (χ2n) is 2.99. The molecule has 1 aromatic rings. The highest BCUT2D eigenvalue weighted by atomic mass is 32.1. The number of hydrogen-bond acceptors (Lipinski definition) is 1. The van der Waals surface area contributed by atoms with E-state index in [-0.39, 0.29) is 6.54 Å². The van der Waals surface area contributed by atoms with Crippen LogP contribution in [0.25, 0.3) is 0 Å². The summed E-state index contributed by atoms with van der Waals surface area (Å²) in [5, 5.41) is 2.18. The van der Waals surface area contributed by atoms with Gasteiger partial charge in [0.15, 0.2) is 4.99 Å². The minimum atomic E-state index is -4.42. The molecule has 1 aromatic carbocycles. The molecule has 82 valence electrons. The average molecular weight is 233 g/mol. The van der Waals surface area contributed by atoms with E-state index in [0.717, 1.165) is 5.56 Å². The van der Waals surface area contributed by atoms with Gasteiger partial charge in [0.05, 0.1) is 0 Å². The van der Waals surface area contributed by atoms with Crippen LogP contribution in [0.4, 0.5) is 13.2 Å². The lowest BCUT2D eigenvalue weighted by Crippen LogP contribution is -2.36. The molecule has 1 rings (SSSR count). The van der Waals surface area contributed by atoms with E-state index in [0.29, 0.717) is 6.42 Å². The van der Waals surface area contributed by atoms with Gasteiger partial charge in [-0.25, -0.2) is 0 Å². The smallest absolute Gasteiger partial charge is 0.372 e. The maximum absolute atomic E-state index is 12.0. The molecule has 5 heteroatoms. The van der Waals surface area contributed by atoms with Crippen molar-refractivity contribution in [3.63, 3.8) is 0 Å². The number of benzene rings is 1. The standard InChI is InChI=1S/C10H10F3NS/c11-10(12,13)9(15)14-7-6-8-4-2-1-3-5-8/h1-5H,6-7H2,(H,14,15). The average Bonchev–Trinajstić information content (AvgIpc) is 2.18. The summed E-state index contributed by atoms with van der Waals surface area (Å²) in [4.78, 5) is -1.06. The first-order chi connectivity index (χ1) is 7.00. The van der Waals surface area contributed by atoms with Crippen LogP contribution in [0.15, 0.2) is 30.3 Å². The number of nitrogens with one attached hydrogen (secondary N) is 1. The first-order valence-electron chi connectivity index (χ1n) is 4.39. The number of alkyl halides is 3. The number of hydrogen-bond donors (Lipinski definition) is 1. The number of rotatable bonds is 3. The lowest BCUT2D eigenvalue weighted by atomic mass is 10.1. The quantitative estimate of drug-likeness (QED) is 0.806. The van der Waals surface area contributed by atoms with Gasteiger partial charge in [0.2, 0.25) is 0 Å². The highest BCUT2D eigenvalue weighted by Gasteiger charge is 2.33. The van der Waals surface area contributed by atoms with Crippen molar-refractivity contribution < 1.29 is 13.2 Å². The molecule has 1 N–H and O–H groups in total. The van der Waals surface area contributed by atoms with Crippen molar-refractivity contribution in [2.75, 3.05) is 6.54 Å². The second kappa shape index (κ2) is 5.11. The Balaban J connectivity index is 2.32. The number of halogens is 3. The molecule has 0 amide bonds. The van der Waals surface area contributed by atoms with Crippen molar-refractivity contribution in [1.29, 1.82) is 0 Å². The Kier molecular flexibility index (Phi) is 4.08. The van der Waals surface area contributed by atoms with Crippen molar-refractivity contribution in [3.05, 3.63) is 35.9 Å². The van der Waals surface area contributed by atoms with Crippen molar-refractivity contribution in [1.82, 2.24) is 5.32 Å². The summed E-state index contributed by atoms with van der Waals surface area (Å²) in [5.74, 6) is 0. The van der Waals surface area contributed by atoms with Gasteiger partial charge in [0.25, 0.3) is 0 Å². The third kappa shape index (κ3) is 4.29. The zero-order valence-corrected chi connectivity index (χ0v) is 8.66. The van der Waals surface area contributed by atoms with Crippen LogP contribution in [0.2, 0.25) is 0 Å². The van der Waals surface area contributed by atoms with Gasteiger partial charge in [-0.1, -0.05) is 42.5 Å². The molecule has 0 aliphatic rings. The zero-order valence-electron chi connectivity index (χ0n) is 7.84. The Bertz CT molecular complexity index is 321. The van der Waals surface area contributed by atoms with Crippen molar-refractivity contribution >= 4 is 17.2 Å². The molecule has 0 aliphatic heterocycles. The fourth-order valence-corrected chi connectivity index (χ4v) is 1.17. The predicted molar refractivity (Wildman–Crippen MR) is 56.8 cm³/mol. The minimum Gasteiger partial charge on any atom is -0.372 e. The summed E-state index contributed by atoms with van der Waals surface area (Å²) in [6, 6.07) is 9.27. The van der Waals surface area contributed by atoms with E-state index < -0.39 is 11.2 Å². The van der Waals surface area contributed by atoms with Crippen LogP contribution in [-0.2, 0) is 6.42 Å². The van der Waals surface area contributed by atoms with Gasteiger partial charge < -0.3 is 5.32 Å². The molecule has 0 radical (unpaired) electrons. The maximum atomic E-state index is 12.0. The lowest BCUT2D eigenvalue weighted by Gasteiger charge is -2.10. The van der Waals surface area contributed by atoms with Crippen molar-refractivity contribution in [2.45, 2.75) is 12.6 Å². The Hall–Kier alpha value is -1.10. The van der Waals surface area contributed by atoms with Crippen LogP contribution in [0.3, 0.4) is 0 Å². The van der Waals surface area contributed by atoms with Gasteiger partial charge in [-0.2, -0.15) is 13.2 Å². The molecule has 0 bridgehead atoms. The van der Waals surface area contributed by atoms with Crippen LogP contribution >= 0.6 is 12.2 Å². The number of thiocarbonyl (C=S) groups is 1. The molecule has 0 aromatic heterocycles. The topological polar surface area (TPSA) is 12.0 Å².